The molecule has 0 saturated carbocycles. The normalized spacial score (nSPS) is 21.1. The van der Waals surface area contributed by atoms with Crippen molar-refractivity contribution >= 4 is 27.5 Å². The lowest BCUT2D eigenvalue weighted by atomic mass is 10.1. The zero-order valence-corrected chi connectivity index (χ0v) is 11.7. The summed E-state index contributed by atoms with van der Waals surface area (Å²) in [4.78, 5) is 2.19. The van der Waals surface area contributed by atoms with Gasteiger partial charge in [-0.25, -0.2) is 0 Å². The highest BCUT2D eigenvalue weighted by Crippen LogP contribution is 2.28. The number of benzene rings is 1. The van der Waals surface area contributed by atoms with Crippen molar-refractivity contribution < 1.29 is 9.94 Å². The average molecular weight is 314 g/mol. The lowest BCUT2D eigenvalue weighted by Crippen LogP contribution is -2.42. The number of halogens is 1. The summed E-state index contributed by atoms with van der Waals surface area (Å²) in [6.07, 6.45) is 0.179. The van der Waals surface area contributed by atoms with Crippen LogP contribution in [0.1, 0.15) is 12.5 Å². The van der Waals surface area contributed by atoms with Gasteiger partial charge < -0.3 is 20.6 Å². The topological polar surface area (TPSA) is 71.1 Å². The molecule has 1 atom stereocenters. The molecule has 1 aromatic carbocycles. The molecule has 0 amide bonds. The number of nitrogens with zero attached hydrogens (tertiary/aromatic N) is 2. The third kappa shape index (κ3) is 2.59. The maximum absolute atomic E-state index is 8.89. The molecule has 1 aliphatic rings. The van der Waals surface area contributed by atoms with Gasteiger partial charge in [0.25, 0.3) is 0 Å². The summed E-state index contributed by atoms with van der Waals surface area (Å²) in [7, 11) is 0. The van der Waals surface area contributed by atoms with Crippen LogP contribution in [-0.2, 0) is 4.74 Å². The van der Waals surface area contributed by atoms with E-state index in [1.165, 1.54) is 0 Å². The lowest BCUT2D eigenvalue weighted by Gasteiger charge is -2.34. The van der Waals surface area contributed by atoms with Gasteiger partial charge >= 0.3 is 0 Å². The molecule has 1 aliphatic heterocycles. The van der Waals surface area contributed by atoms with Gasteiger partial charge in [0.1, 0.15) is 0 Å². The second-order valence-electron chi connectivity index (χ2n) is 4.25. The van der Waals surface area contributed by atoms with E-state index in [0.717, 1.165) is 23.2 Å². The Bertz CT molecular complexity index is 465. The summed E-state index contributed by atoms with van der Waals surface area (Å²) < 4.78 is 6.34. The number of anilines is 1. The SMILES string of the molecule is CC1CN(c2cccc(Br)c2/C(N)=N/O)CCO1. The number of ether oxygens (including phenoxy) is 1. The number of hydrogen-bond acceptors (Lipinski definition) is 4. The van der Waals surface area contributed by atoms with Crippen LogP contribution >= 0.6 is 15.9 Å². The molecule has 1 saturated heterocycles. The quantitative estimate of drug-likeness (QED) is 0.378. The van der Waals surface area contributed by atoms with E-state index in [0.29, 0.717) is 12.2 Å². The predicted molar refractivity (Wildman–Crippen MR) is 74.3 cm³/mol. The van der Waals surface area contributed by atoms with Gasteiger partial charge in [-0.1, -0.05) is 11.2 Å². The van der Waals surface area contributed by atoms with Gasteiger partial charge in [-0.3, -0.25) is 0 Å². The zero-order valence-electron chi connectivity index (χ0n) is 10.1. The van der Waals surface area contributed by atoms with Gasteiger partial charge in [-0.15, -0.1) is 0 Å². The maximum atomic E-state index is 8.89. The number of hydrogen-bond donors (Lipinski definition) is 2. The fourth-order valence-electron chi connectivity index (χ4n) is 2.12. The van der Waals surface area contributed by atoms with E-state index in [1.807, 2.05) is 25.1 Å². The minimum atomic E-state index is 0.108. The van der Waals surface area contributed by atoms with Crippen LogP contribution in [0, 0.1) is 0 Å². The number of amidine groups is 1. The van der Waals surface area contributed by atoms with Gasteiger partial charge in [0.15, 0.2) is 5.84 Å². The molecule has 2 rings (SSSR count). The first kappa shape index (κ1) is 13.2. The molecule has 1 aromatic rings. The van der Waals surface area contributed by atoms with Crippen LogP contribution < -0.4 is 10.6 Å². The first-order valence-electron chi connectivity index (χ1n) is 5.76. The Morgan fingerprint density at radius 2 is 2.39 bits per heavy atom. The molecule has 0 radical (unpaired) electrons. The van der Waals surface area contributed by atoms with E-state index in [2.05, 4.69) is 26.0 Å². The minimum Gasteiger partial charge on any atom is -0.409 e. The van der Waals surface area contributed by atoms with Crippen molar-refractivity contribution in [3.63, 3.8) is 0 Å². The maximum Gasteiger partial charge on any atom is 0.173 e. The molecule has 0 aromatic heterocycles. The summed E-state index contributed by atoms with van der Waals surface area (Å²) in [5, 5.41) is 12.0. The first-order chi connectivity index (χ1) is 8.63. The van der Waals surface area contributed by atoms with E-state index in [9.17, 15) is 0 Å². The van der Waals surface area contributed by atoms with Crippen LogP contribution in [-0.4, -0.2) is 36.8 Å². The molecule has 0 bridgehead atoms. The molecular weight excluding hydrogens is 298 g/mol. The summed E-state index contributed by atoms with van der Waals surface area (Å²) in [6.45, 7) is 4.31. The molecule has 6 heteroatoms. The molecular formula is C12H16BrN3O2. The molecule has 1 unspecified atom stereocenters. The fourth-order valence-corrected chi connectivity index (χ4v) is 2.68. The Morgan fingerprint density at radius 3 is 3.06 bits per heavy atom. The Kier molecular flexibility index (Phi) is 4.08. The molecule has 0 spiro atoms. The molecule has 0 aliphatic carbocycles. The van der Waals surface area contributed by atoms with E-state index in [4.69, 9.17) is 15.7 Å². The second-order valence-corrected chi connectivity index (χ2v) is 5.10. The van der Waals surface area contributed by atoms with Gasteiger partial charge in [-0.05, 0) is 35.0 Å². The van der Waals surface area contributed by atoms with Crippen LogP contribution in [0.15, 0.2) is 27.8 Å². The van der Waals surface area contributed by atoms with E-state index >= 15 is 0 Å². The lowest BCUT2D eigenvalue weighted by molar-refractivity contribution is 0.0532. The van der Waals surface area contributed by atoms with Crippen molar-refractivity contribution in [3.05, 3.63) is 28.2 Å². The van der Waals surface area contributed by atoms with Crippen LogP contribution in [0.2, 0.25) is 0 Å². The number of oxime groups is 1. The summed E-state index contributed by atoms with van der Waals surface area (Å²) in [5.74, 6) is 0.108. The molecule has 98 valence electrons. The fraction of sp³-hybridized carbons (Fsp3) is 0.417. The van der Waals surface area contributed by atoms with Gasteiger partial charge in [-0.2, -0.15) is 0 Å². The molecule has 1 fully saturated rings. The van der Waals surface area contributed by atoms with Crippen molar-refractivity contribution in [2.24, 2.45) is 10.9 Å². The Morgan fingerprint density at radius 1 is 1.61 bits per heavy atom. The van der Waals surface area contributed by atoms with E-state index in [1.54, 1.807) is 0 Å². The summed E-state index contributed by atoms with van der Waals surface area (Å²) in [5.41, 5.74) is 7.42. The number of nitrogens with two attached hydrogens (primary N) is 1. The van der Waals surface area contributed by atoms with Crippen molar-refractivity contribution in [2.45, 2.75) is 13.0 Å². The predicted octanol–water partition coefficient (Wildman–Crippen LogP) is 1.77. The highest BCUT2D eigenvalue weighted by atomic mass is 79.9. The number of rotatable bonds is 2. The highest BCUT2D eigenvalue weighted by molar-refractivity contribution is 9.10. The minimum absolute atomic E-state index is 0.108. The Hall–Kier alpha value is -1.27. The van der Waals surface area contributed by atoms with Crippen LogP contribution in [0.4, 0.5) is 5.69 Å². The summed E-state index contributed by atoms with van der Waals surface area (Å²) >= 11 is 3.44. The van der Waals surface area contributed by atoms with Gasteiger partial charge in [0.05, 0.1) is 18.3 Å². The molecule has 18 heavy (non-hydrogen) atoms. The van der Waals surface area contributed by atoms with Crippen molar-refractivity contribution in [1.82, 2.24) is 0 Å². The van der Waals surface area contributed by atoms with Crippen molar-refractivity contribution in [3.8, 4) is 0 Å². The Labute approximate surface area is 114 Å². The third-order valence-corrected chi connectivity index (χ3v) is 3.60. The first-order valence-corrected chi connectivity index (χ1v) is 6.55. The molecule has 1 heterocycles. The van der Waals surface area contributed by atoms with Crippen LogP contribution in [0.25, 0.3) is 0 Å². The van der Waals surface area contributed by atoms with E-state index in [-0.39, 0.29) is 11.9 Å². The van der Waals surface area contributed by atoms with Crippen molar-refractivity contribution in [2.75, 3.05) is 24.6 Å². The Balaban J connectivity index is 2.40. The monoisotopic (exact) mass is 313 g/mol. The molecule has 3 N–H and O–H groups in total. The second kappa shape index (κ2) is 5.58. The largest absolute Gasteiger partial charge is 0.409 e. The zero-order chi connectivity index (χ0) is 13.1. The van der Waals surface area contributed by atoms with Gasteiger partial charge in [0.2, 0.25) is 0 Å². The smallest absolute Gasteiger partial charge is 0.173 e. The molecule has 5 nitrogen and oxygen atoms in total. The van der Waals surface area contributed by atoms with E-state index < -0.39 is 0 Å². The van der Waals surface area contributed by atoms with Crippen LogP contribution in [0.3, 0.4) is 0 Å². The summed E-state index contributed by atoms with van der Waals surface area (Å²) in [6, 6.07) is 5.78. The highest BCUT2D eigenvalue weighted by Gasteiger charge is 2.21. The van der Waals surface area contributed by atoms with Crippen LogP contribution in [0.5, 0.6) is 0 Å². The van der Waals surface area contributed by atoms with Crippen molar-refractivity contribution in [1.29, 1.82) is 0 Å². The average Bonchev–Trinajstić information content (AvgIpc) is 2.37. The number of morpholine rings is 1. The third-order valence-electron chi connectivity index (χ3n) is 2.94. The van der Waals surface area contributed by atoms with Gasteiger partial charge in [0, 0.05) is 23.2 Å². The standard InChI is InChI=1S/C12H16BrN3O2/c1-8-7-16(5-6-18-8)10-4-2-3-9(13)11(10)12(14)15-17/h2-4,8,17H,5-7H2,1H3,(H2,14,15).